The molecule has 20 nitrogen and oxygen atoms in total. The van der Waals surface area contributed by atoms with Crippen molar-refractivity contribution in [1.82, 2.24) is 29.5 Å². The molecule has 3 aliphatic rings. The highest BCUT2D eigenvalue weighted by Gasteiger charge is 2.25. The molecule has 1 N–H and O–H groups in total. The van der Waals surface area contributed by atoms with Crippen molar-refractivity contribution in [2.75, 3.05) is 65.8 Å². The average Bonchev–Trinajstić information content (AvgIpc) is 3.63. The number of carboxylic acids is 1. The topological polar surface area (TPSA) is 241 Å². The second-order valence-corrected chi connectivity index (χ2v) is 17.7. The quantitative estimate of drug-likeness (QED) is 0.0290. The number of aromatic nitrogens is 2. The van der Waals surface area contributed by atoms with Crippen LogP contribution in [0.5, 0.6) is 0 Å². The van der Waals surface area contributed by atoms with Crippen LogP contribution in [0.2, 0.25) is 0 Å². The Labute approximate surface area is 407 Å². The molecule has 364 valence electrons. The number of nitro benzene ring substituents is 2. The van der Waals surface area contributed by atoms with E-state index in [4.69, 9.17) is 4.42 Å². The number of azo groups is 1. The fourth-order valence-corrected chi connectivity index (χ4v) is 8.66. The van der Waals surface area contributed by atoms with Gasteiger partial charge in [0.05, 0.1) is 45.0 Å². The molecule has 0 spiro atoms. The Balaban J connectivity index is 0.871. The molecule has 3 heterocycles. The molecule has 1 fully saturated rings. The number of hydrogen-bond acceptors (Lipinski definition) is 14. The van der Waals surface area contributed by atoms with Gasteiger partial charge in [0.1, 0.15) is 31.1 Å². The van der Waals surface area contributed by atoms with E-state index in [9.17, 15) is 39.7 Å². The third kappa shape index (κ3) is 10.7. The number of carbonyl (C=O) groups excluding carboxylic acids is 3. The molecule has 4 aromatic carbocycles. The van der Waals surface area contributed by atoms with Gasteiger partial charge in [-0.05, 0) is 86.0 Å². The summed E-state index contributed by atoms with van der Waals surface area (Å²) in [5.41, 5.74) is 6.07. The maximum absolute atomic E-state index is 13.5. The maximum atomic E-state index is 13.5. The number of rotatable bonds is 15. The van der Waals surface area contributed by atoms with Crippen molar-refractivity contribution < 1.29 is 33.8 Å². The van der Waals surface area contributed by atoms with E-state index in [1.807, 2.05) is 92.8 Å². The molecule has 0 atom stereocenters. The molecule has 8 rings (SSSR count). The number of nitrogens with zero attached hydrogens (tertiary/aromatic N) is 10. The van der Waals surface area contributed by atoms with Gasteiger partial charge in [-0.2, -0.15) is 10.2 Å². The summed E-state index contributed by atoms with van der Waals surface area (Å²) in [4.78, 5) is 66.6. The fourth-order valence-electron chi connectivity index (χ4n) is 8.66. The summed E-state index contributed by atoms with van der Waals surface area (Å²) in [5.74, 6) is -1.44. The Morgan fingerprint density at radius 1 is 0.803 bits per heavy atom. The third-order valence-corrected chi connectivity index (χ3v) is 12.5. The summed E-state index contributed by atoms with van der Waals surface area (Å²) < 4.78 is 10.2. The van der Waals surface area contributed by atoms with E-state index >= 15 is 0 Å². The summed E-state index contributed by atoms with van der Waals surface area (Å²) in [6, 6.07) is 26.5. The lowest BCUT2D eigenvalue weighted by molar-refractivity contribution is -0.394. The number of non-ortho nitro benzene ring substituents is 2. The van der Waals surface area contributed by atoms with Crippen molar-refractivity contribution >= 4 is 57.2 Å². The highest BCUT2D eigenvalue weighted by Crippen LogP contribution is 2.42. The number of nitrogens with one attached hydrogen (secondary N) is 1. The van der Waals surface area contributed by atoms with Crippen molar-refractivity contribution in [3.05, 3.63) is 156 Å². The van der Waals surface area contributed by atoms with Crippen LogP contribution >= 0.6 is 0 Å². The van der Waals surface area contributed by atoms with Crippen LogP contribution in [-0.2, 0) is 13.1 Å². The number of anilines is 1. The zero-order valence-corrected chi connectivity index (χ0v) is 40.0. The van der Waals surface area contributed by atoms with Gasteiger partial charge in [0.2, 0.25) is 5.36 Å². The normalized spacial score (nSPS) is 13.0. The first kappa shape index (κ1) is 48.8. The smallest absolute Gasteiger partial charge is 0.276 e. The van der Waals surface area contributed by atoms with Crippen LogP contribution in [0.3, 0.4) is 0 Å². The molecule has 5 aromatic rings. The van der Waals surface area contributed by atoms with Crippen molar-refractivity contribution in [2.24, 2.45) is 10.2 Å². The van der Waals surface area contributed by atoms with Gasteiger partial charge in [-0.3, -0.25) is 39.4 Å². The van der Waals surface area contributed by atoms with Crippen LogP contribution in [0.15, 0.2) is 112 Å². The molecule has 0 unspecified atom stereocenters. The molecule has 2 amide bonds. The first-order chi connectivity index (χ1) is 33.9. The van der Waals surface area contributed by atoms with E-state index in [0.29, 0.717) is 101 Å². The molecule has 1 aliphatic carbocycles. The Bertz CT molecular complexity index is 3280. The predicted molar refractivity (Wildman–Crippen MR) is 264 cm³/mol. The lowest BCUT2D eigenvalue weighted by atomic mass is 9.89. The second-order valence-electron chi connectivity index (χ2n) is 17.7. The largest absolute Gasteiger partial charge is 0.545 e. The number of benzene rings is 5. The van der Waals surface area contributed by atoms with Crippen molar-refractivity contribution in [3.63, 3.8) is 0 Å². The number of amides is 2. The van der Waals surface area contributed by atoms with Gasteiger partial charge in [0.15, 0.2) is 0 Å². The van der Waals surface area contributed by atoms with Crippen molar-refractivity contribution in [1.29, 1.82) is 0 Å². The standard InChI is InChI=1S/C51H51N11O9/c1-31-48(54-53-36-11-8-34(9-12-36)50(64)59-22-20-58(21-23-59)30-33-24-39(61(67)68)27-40(25-33)62(69)70)32(2)60(55-31)19-7-18-52-49(63)35-10-15-41(44(26-35)51(65)66)47-42-16-13-37(56(3)4)28-45(42)71-46-29-38(57(5)6)14-17-43(46)47/h8-17,24-29H,7,18-23,30H2,1-6H3,(H-,52,63,65,66). The van der Waals surface area contributed by atoms with Crippen LogP contribution in [0, 0.1) is 34.1 Å². The highest BCUT2D eigenvalue weighted by atomic mass is 16.6. The van der Waals surface area contributed by atoms with E-state index < -0.39 is 21.7 Å². The molecule has 2 aliphatic heterocycles. The number of carboxylic acid groups (broad SMARTS) is 1. The Kier molecular flexibility index (Phi) is 14.1. The van der Waals surface area contributed by atoms with Crippen LogP contribution in [-0.4, -0.2) is 108 Å². The predicted octanol–water partition coefficient (Wildman–Crippen LogP) is 6.49. The van der Waals surface area contributed by atoms with E-state index in [2.05, 4.69) is 20.6 Å². The number of hydrogen-bond donors (Lipinski definition) is 1. The van der Waals surface area contributed by atoms with E-state index in [-0.39, 0.29) is 41.5 Å². The van der Waals surface area contributed by atoms with Gasteiger partial charge in [-0.15, -0.1) is 5.11 Å². The first-order valence-electron chi connectivity index (χ1n) is 22.8. The molecule has 20 heteroatoms. The lowest BCUT2D eigenvalue weighted by Crippen LogP contribution is -2.48. The van der Waals surface area contributed by atoms with E-state index in [1.54, 1.807) is 46.0 Å². The highest BCUT2D eigenvalue weighted by molar-refractivity contribution is 6.09. The third-order valence-electron chi connectivity index (χ3n) is 12.5. The summed E-state index contributed by atoms with van der Waals surface area (Å²) >= 11 is 0. The van der Waals surface area contributed by atoms with Crippen molar-refractivity contribution in [2.45, 2.75) is 33.4 Å². The van der Waals surface area contributed by atoms with E-state index in [0.717, 1.165) is 22.8 Å². The number of aryl methyl sites for hydroxylation is 2. The fraction of sp³-hybridized carbons (Fsp3) is 0.275. The van der Waals surface area contributed by atoms with E-state index in [1.165, 1.54) is 18.2 Å². The number of fused-ring (bicyclic) bond motifs is 2. The molecular formula is C51H51N11O9. The summed E-state index contributed by atoms with van der Waals surface area (Å²) in [7, 11) is 7.71. The van der Waals surface area contributed by atoms with Gasteiger partial charge in [0, 0.05) is 123 Å². The van der Waals surface area contributed by atoms with Crippen LogP contribution < -0.4 is 25.3 Å². The van der Waals surface area contributed by atoms with Gasteiger partial charge < -0.3 is 29.4 Å². The summed E-state index contributed by atoms with van der Waals surface area (Å²) in [6.07, 6.45) is 0.512. The average molecular weight is 962 g/mol. The molecule has 1 saturated heterocycles. The maximum Gasteiger partial charge on any atom is 0.276 e. The molecule has 1 aromatic heterocycles. The van der Waals surface area contributed by atoms with Gasteiger partial charge in [-0.25, -0.2) is 4.58 Å². The van der Waals surface area contributed by atoms with Gasteiger partial charge in [-0.1, -0.05) is 6.07 Å². The first-order valence-corrected chi connectivity index (χ1v) is 22.8. The lowest BCUT2D eigenvalue weighted by Gasteiger charge is -2.34. The Hall–Kier alpha value is -8.65. The molecule has 71 heavy (non-hydrogen) atoms. The Morgan fingerprint density at radius 2 is 1.48 bits per heavy atom. The number of aromatic carboxylic acids is 1. The van der Waals surface area contributed by atoms with Crippen LogP contribution in [0.1, 0.15) is 54.4 Å². The molecular weight excluding hydrogens is 911 g/mol. The summed E-state index contributed by atoms with van der Waals surface area (Å²) in [6.45, 7) is 6.49. The van der Waals surface area contributed by atoms with Gasteiger partial charge >= 0.3 is 0 Å². The molecule has 0 radical (unpaired) electrons. The SMILES string of the molecule is Cc1nn(CCCNC(=O)c2ccc(-c3c4ccc(=[N+](C)C)cc-4oc4cc(N(C)C)ccc34)c(C(=O)[O-])c2)c(C)c1N=Nc1ccc(C(=O)N2CCN(Cc3cc([N+](=O)[O-])cc([N+](=O)[O-])c3)CC2)cc1. The number of piperazine rings is 1. The van der Waals surface area contributed by atoms with Crippen molar-refractivity contribution in [3.8, 4) is 22.5 Å². The molecule has 0 bridgehead atoms. The minimum Gasteiger partial charge on any atom is -0.545 e. The monoisotopic (exact) mass is 961 g/mol. The number of nitro groups is 2. The minimum atomic E-state index is -1.42. The second kappa shape index (κ2) is 20.5. The zero-order chi connectivity index (χ0) is 50.7. The van der Waals surface area contributed by atoms with Gasteiger partial charge in [0.25, 0.3) is 23.2 Å². The Morgan fingerprint density at radius 3 is 2.13 bits per heavy atom. The molecule has 0 saturated carbocycles. The minimum absolute atomic E-state index is 0.127. The zero-order valence-electron chi connectivity index (χ0n) is 40.0. The number of carbonyl (C=O) groups is 3. The summed E-state index contributed by atoms with van der Waals surface area (Å²) in [5, 5.41) is 53.4. The van der Waals surface area contributed by atoms with Crippen LogP contribution in [0.25, 0.3) is 33.4 Å². The van der Waals surface area contributed by atoms with Crippen LogP contribution in [0.4, 0.5) is 28.4 Å².